The van der Waals surface area contributed by atoms with Crippen LogP contribution in [0.4, 0.5) is 10.0 Å². The number of hydrogen-bond donors (Lipinski definition) is 1. The van der Waals surface area contributed by atoms with Crippen LogP contribution in [-0.2, 0) is 4.74 Å². The third-order valence-corrected chi connectivity index (χ3v) is 4.14. The van der Waals surface area contributed by atoms with Crippen LogP contribution in [0.1, 0.15) is 50.5 Å². The number of rotatable bonds is 4. The molecule has 0 atom stereocenters. The quantitative estimate of drug-likeness (QED) is 0.861. The molecule has 0 saturated carbocycles. The second-order valence-corrected chi connectivity index (χ2v) is 6.44. The molecule has 1 rings (SSSR count). The normalized spacial score (nSPS) is 11.5. The van der Waals surface area contributed by atoms with Crippen LogP contribution in [0.5, 0.6) is 0 Å². The molecule has 0 spiro atoms. The molecule has 0 bridgehead atoms. The summed E-state index contributed by atoms with van der Waals surface area (Å²) < 4.78 is 5.07. The Morgan fingerprint density at radius 3 is 2.37 bits per heavy atom. The molecule has 5 heteroatoms. The Morgan fingerprint density at radius 1 is 1.37 bits per heavy atom. The van der Waals surface area contributed by atoms with Gasteiger partial charge in [0.2, 0.25) is 0 Å². The number of nitrogen functional groups attached to an aromatic ring is 1. The van der Waals surface area contributed by atoms with E-state index in [1.165, 1.54) is 11.3 Å². The van der Waals surface area contributed by atoms with Gasteiger partial charge in [-0.3, -0.25) is 0 Å². The summed E-state index contributed by atoms with van der Waals surface area (Å²) in [7, 11) is 0. The summed E-state index contributed by atoms with van der Waals surface area (Å²) in [4.78, 5) is 14.2. The highest BCUT2D eigenvalue weighted by atomic mass is 32.1. The minimum absolute atomic E-state index is 0.0112. The van der Waals surface area contributed by atoms with Gasteiger partial charge in [-0.15, -0.1) is 11.3 Å². The Morgan fingerprint density at radius 2 is 1.95 bits per heavy atom. The number of anilines is 2. The summed E-state index contributed by atoms with van der Waals surface area (Å²) in [6.45, 7) is 13.5. The predicted molar refractivity (Wildman–Crippen MR) is 82.2 cm³/mol. The molecule has 0 amide bonds. The first-order valence-electron chi connectivity index (χ1n) is 6.57. The second-order valence-electron chi connectivity index (χ2n) is 5.41. The molecule has 0 unspecified atom stereocenters. The molecule has 1 aromatic rings. The molecule has 108 valence electrons. The Balaban J connectivity index is 3.26. The van der Waals surface area contributed by atoms with E-state index in [2.05, 4.69) is 32.6 Å². The van der Waals surface area contributed by atoms with Crippen LogP contribution in [0, 0.1) is 6.92 Å². The molecule has 2 N–H and O–H groups in total. The molecule has 19 heavy (non-hydrogen) atoms. The Kier molecular flexibility index (Phi) is 4.85. The van der Waals surface area contributed by atoms with Crippen LogP contribution in [0.15, 0.2) is 0 Å². The molecule has 0 saturated heterocycles. The first-order chi connectivity index (χ1) is 8.73. The van der Waals surface area contributed by atoms with Gasteiger partial charge in [-0.05, 0) is 41.5 Å². The van der Waals surface area contributed by atoms with Crippen molar-refractivity contribution in [3.8, 4) is 0 Å². The van der Waals surface area contributed by atoms with Gasteiger partial charge in [0.25, 0.3) is 0 Å². The molecule has 0 radical (unpaired) electrons. The summed E-state index contributed by atoms with van der Waals surface area (Å²) >= 11 is 1.46. The fraction of sp³-hybridized carbons (Fsp3) is 0.643. The molecule has 4 nitrogen and oxygen atoms in total. The number of esters is 1. The van der Waals surface area contributed by atoms with E-state index in [1.807, 2.05) is 6.92 Å². The molecule has 0 aliphatic rings. The molecule has 1 heterocycles. The van der Waals surface area contributed by atoms with Gasteiger partial charge in [0, 0.05) is 17.6 Å². The predicted octanol–water partition coefficient (Wildman–Crippen LogP) is 3.44. The molecule has 0 aliphatic heterocycles. The van der Waals surface area contributed by atoms with Crippen molar-refractivity contribution >= 4 is 27.3 Å². The van der Waals surface area contributed by atoms with Gasteiger partial charge in [0.1, 0.15) is 5.00 Å². The molecular formula is C14H24N2O2S. The molecule has 0 aliphatic carbocycles. The highest BCUT2D eigenvalue weighted by Gasteiger charge is 2.28. The third-order valence-electron chi connectivity index (χ3n) is 3.00. The maximum Gasteiger partial charge on any atom is 0.341 e. The van der Waals surface area contributed by atoms with E-state index in [0.717, 1.165) is 17.1 Å². The number of carbonyl (C=O) groups is 1. The van der Waals surface area contributed by atoms with Gasteiger partial charge >= 0.3 is 5.97 Å². The van der Waals surface area contributed by atoms with Crippen LogP contribution >= 0.6 is 11.3 Å². The number of nitrogens with two attached hydrogens (primary N) is 1. The topological polar surface area (TPSA) is 55.6 Å². The zero-order valence-electron chi connectivity index (χ0n) is 12.7. The lowest BCUT2D eigenvalue weighted by atomic mass is 10.1. The third kappa shape index (κ3) is 3.21. The number of hydrogen-bond acceptors (Lipinski definition) is 5. The van der Waals surface area contributed by atoms with Crippen LogP contribution in [-0.4, -0.2) is 24.7 Å². The van der Waals surface area contributed by atoms with Crippen molar-refractivity contribution in [2.45, 2.75) is 47.1 Å². The Bertz CT molecular complexity index is 461. The number of thiophene rings is 1. The van der Waals surface area contributed by atoms with Gasteiger partial charge < -0.3 is 15.4 Å². The second kappa shape index (κ2) is 5.82. The first kappa shape index (κ1) is 15.8. The van der Waals surface area contributed by atoms with Crippen LogP contribution in [0.25, 0.3) is 0 Å². The lowest BCUT2D eigenvalue weighted by molar-refractivity contribution is 0.0527. The summed E-state index contributed by atoms with van der Waals surface area (Å²) in [5, 5.41) is 1.59. The van der Waals surface area contributed by atoms with E-state index >= 15 is 0 Å². The molecule has 1 aromatic heterocycles. The highest BCUT2D eigenvalue weighted by Crippen LogP contribution is 2.40. The molecular weight excluding hydrogens is 260 g/mol. The SMILES string of the molecule is CCOC(=O)c1c(N)sc(N(CC)C(C)(C)C)c1C. The standard InChI is InChI=1S/C14H24N2O2S/c1-7-16(14(4,5)6)12-9(3)10(11(15)19-12)13(17)18-8-2/h7-8,15H2,1-6H3. The van der Waals surface area contributed by atoms with Crippen molar-refractivity contribution in [3.63, 3.8) is 0 Å². The zero-order chi connectivity index (χ0) is 14.8. The van der Waals surface area contributed by atoms with Gasteiger partial charge in [0.05, 0.1) is 17.2 Å². The fourth-order valence-corrected chi connectivity index (χ4v) is 3.48. The van der Waals surface area contributed by atoms with Crippen molar-refractivity contribution in [2.24, 2.45) is 0 Å². The van der Waals surface area contributed by atoms with Crippen LogP contribution < -0.4 is 10.6 Å². The first-order valence-corrected chi connectivity index (χ1v) is 7.39. The smallest absolute Gasteiger partial charge is 0.341 e. The van der Waals surface area contributed by atoms with Gasteiger partial charge in [0.15, 0.2) is 0 Å². The Labute approximate surface area is 119 Å². The van der Waals surface area contributed by atoms with Crippen molar-refractivity contribution in [1.29, 1.82) is 0 Å². The van der Waals surface area contributed by atoms with E-state index in [1.54, 1.807) is 6.92 Å². The monoisotopic (exact) mass is 284 g/mol. The molecule has 0 aromatic carbocycles. The lowest BCUT2D eigenvalue weighted by Crippen LogP contribution is -2.41. The van der Waals surface area contributed by atoms with Crippen LogP contribution in [0.2, 0.25) is 0 Å². The summed E-state index contributed by atoms with van der Waals surface area (Å²) in [6.07, 6.45) is 0. The maximum absolute atomic E-state index is 11.9. The van der Waals surface area contributed by atoms with E-state index in [9.17, 15) is 4.79 Å². The van der Waals surface area contributed by atoms with Gasteiger partial charge in [-0.25, -0.2) is 4.79 Å². The maximum atomic E-state index is 11.9. The van der Waals surface area contributed by atoms with Gasteiger partial charge in [-0.2, -0.15) is 0 Å². The fourth-order valence-electron chi connectivity index (χ4n) is 2.16. The van der Waals surface area contributed by atoms with Gasteiger partial charge in [-0.1, -0.05) is 0 Å². The van der Waals surface area contributed by atoms with Crippen molar-refractivity contribution < 1.29 is 9.53 Å². The minimum atomic E-state index is -0.329. The van der Waals surface area contributed by atoms with Crippen molar-refractivity contribution in [2.75, 3.05) is 23.8 Å². The summed E-state index contributed by atoms with van der Waals surface area (Å²) in [6, 6.07) is 0. The average molecular weight is 284 g/mol. The van der Waals surface area contributed by atoms with E-state index in [-0.39, 0.29) is 11.5 Å². The van der Waals surface area contributed by atoms with E-state index in [0.29, 0.717) is 17.2 Å². The molecule has 0 fully saturated rings. The lowest BCUT2D eigenvalue weighted by Gasteiger charge is -2.36. The zero-order valence-corrected chi connectivity index (χ0v) is 13.5. The number of nitrogens with zero attached hydrogens (tertiary/aromatic N) is 1. The average Bonchev–Trinajstić information content (AvgIpc) is 2.54. The van der Waals surface area contributed by atoms with E-state index < -0.39 is 0 Å². The minimum Gasteiger partial charge on any atom is -0.462 e. The number of ether oxygens (including phenoxy) is 1. The van der Waals surface area contributed by atoms with Crippen molar-refractivity contribution in [3.05, 3.63) is 11.1 Å². The Hall–Kier alpha value is -1.23. The van der Waals surface area contributed by atoms with Crippen LogP contribution in [0.3, 0.4) is 0 Å². The number of carbonyl (C=O) groups excluding carboxylic acids is 1. The highest BCUT2D eigenvalue weighted by molar-refractivity contribution is 7.20. The van der Waals surface area contributed by atoms with E-state index in [4.69, 9.17) is 10.5 Å². The summed E-state index contributed by atoms with van der Waals surface area (Å²) in [5.41, 5.74) is 7.42. The summed E-state index contributed by atoms with van der Waals surface area (Å²) in [5.74, 6) is -0.329. The largest absolute Gasteiger partial charge is 0.462 e. The van der Waals surface area contributed by atoms with Crippen molar-refractivity contribution in [1.82, 2.24) is 0 Å².